The number of benzene rings is 4. The molecule has 6 aromatic rings. The molecule has 2 heterocycles. The second-order valence-electron chi connectivity index (χ2n) is 10.4. The van der Waals surface area contributed by atoms with Gasteiger partial charge in [0.25, 0.3) is 5.91 Å². The van der Waals surface area contributed by atoms with Gasteiger partial charge in [0.1, 0.15) is 22.9 Å². The lowest BCUT2D eigenvalue weighted by Gasteiger charge is -2.21. The number of hydrogen-bond acceptors (Lipinski definition) is 6. The number of amides is 1. The molecule has 0 saturated carbocycles. The third-order valence-corrected chi connectivity index (χ3v) is 8.89. The SMILES string of the molecule is CNC(=O)c1c(-c2ccc(F)cc2)oc2cc(N(C)S(C)(=O)=O)c(-c3ccc(OC)c(-c4cc5c(N)cccc5[nH]4)c3)cc12. The zero-order chi connectivity index (χ0) is 31.3. The van der Waals surface area contributed by atoms with Crippen LogP contribution in [0.25, 0.3) is 55.6 Å². The summed E-state index contributed by atoms with van der Waals surface area (Å²) in [6.07, 6.45) is 1.11. The van der Waals surface area contributed by atoms with Crippen LogP contribution in [0.2, 0.25) is 0 Å². The van der Waals surface area contributed by atoms with Crippen molar-refractivity contribution >= 4 is 49.2 Å². The van der Waals surface area contributed by atoms with Gasteiger partial charge in [-0.05, 0) is 66.2 Å². The Hall–Kier alpha value is -5.29. The monoisotopic (exact) mass is 612 g/mol. The fourth-order valence-corrected chi connectivity index (χ4v) is 5.88. The van der Waals surface area contributed by atoms with Crippen molar-refractivity contribution in [2.24, 2.45) is 0 Å². The topological polar surface area (TPSA) is 131 Å². The second kappa shape index (κ2) is 10.8. The number of rotatable bonds is 7. The Bertz CT molecular complexity index is 2190. The van der Waals surface area contributed by atoms with Crippen LogP contribution >= 0.6 is 0 Å². The van der Waals surface area contributed by atoms with Crippen LogP contribution in [0.4, 0.5) is 15.8 Å². The average molecular weight is 613 g/mol. The number of nitrogens with zero attached hydrogens (tertiary/aromatic N) is 1. The first-order valence-electron chi connectivity index (χ1n) is 13.6. The van der Waals surface area contributed by atoms with Gasteiger partial charge in [0.2, 0.25) is 10.0 Å². The molecule has 0 saturated heterocycles. The number of nitrogens with two attached hydrogens (primary N) is 1. The lowest BCUT2D eigenvalue weighted by Crippen LogP contribution is -2.25. The Morgan fingerprint density at radius 2 is 1.70 bits per heavy atom. The molecule has 11 heteroatoms. The molecule has 224 valence electrons. The minimum atomic E-state index is -3.71. The van der Waals surface area contributed by atoms with Crippen LogP contribution < -0.4 is 20.1 Å². The molecule has 0 aliphatic rings. The number of aromatic amines is 1. The highest BCUT2D eigenvalue weighted by Crippen LogP contribution is 2.43. The predicted molar refractivity (Wildman–Crippen MR) is 172 cm³/mol. The van der Waals surface area contributed by atoms with E-state index in [1.165, 1.54) is 38.4 Å². The molecule has 0 aliphatic carbocycles. The summed E-state index contributed by atoms with van der Waals surface area (Å²) in [5.41, 5.74) is 11.7. The van der Waals surface area contributed by atoms with Gasteiger partial charge in [0, 0.05) is 58.8 Å². The van der Waals surface area contributed by atoms with Crippen molar-refractivity contribution in [2.45, 2.75) is 0 Å². The van der Waals surface area contributed by atoms with Crippen molar-refractivity contribution in [3.63, 3.8) is 0 Å². The Labute approximate surface area is 253 Å². The number of nitrogen functional groups attached to an aromatic ring is 1. The van der Waals surface area contributed by atoms with Crippen molar-refractivity contribution in [3.8, 4) is 39.5 Å². The van der Waals surface area contributed by atoms with Crippen LogP contribution in [0.3, 0.4) is 0 Å². The molecular weight excluding hydrogens is 583 g/mol. The fourth-order valence-electron chi connectivity index (χ4n) is 5.37. The van der Waals surface area contributed by atoms with Crippen molar-refractivity contribution in [2.75, 3.05) is 37.5 Å². The number of halogens is 1. The predicted octanol–water partition coefficient (Wildman–Crippen LogP) is 6.40. The van der Waals surface area contributed by atoms with Crippen LogP contribution in [0.15, 0.2) is 83.3 Å². The lowest BCUT2D eigenvalue weighted by atomic mass is 9.96. The van der Waals surface area contributed by atoms with E-state index in [0.29, 0.717) is 39.2 Å². The molecule has 9 nitrogen and oxygen atoms in total. The molecule has 0 spiro atoms. The molecule has 0 atom stereocenters. The van der Waals surface area contributed by atoms with Crippen molar-refractivity contribution < 1.29 is 26.8 Å². The van der Waals surface area contributed by atoms with Gasteiger partial charge in [-0.15, -0.1) is 0 Å². The van der Waals surface area contributed by atoms with Crippen molar-refractivity contribution in [1.82, 2.24) is 10.3 Å². The number of anilines is 2. The van der Waals surface area contributed by atoms with Gasteiger partial charge < -0.3 is 25.2 Å². The number of methoxy groups -OCH3 is 1. The zero-order valence-corrected chi connectivity index (χ0v) is 25.2. The third-order valence-electron chi connectivity index (χ3n) is 7.70. The number of fused-ring (bicyclic) bond motifs is 2. The van der Waals surface area contributed by atoms with E-state index in [2.05, 4.69) is 10.3 Å². The number of sulfonamides is 1. The van der Waals surface area contributed by atoms with E-state index in [0.717, 1.165) is 32.7 Å². The van der Waals surface area contributed by atoms with E-state index < -0.39 is 21.7 Å². The van der Waals surface area contributed by atoms with Crippen LogP contribution in [0, 0.1) is 5.82 Å². The van der Waals surface area contributed by atoms with Gasteiger partial charge in [-0.1, -0.05) is 12.1 Å². The Morgan fingerprint density at radius 1 is 0.977 bits per heavy atom. The second-order valence-corrected chi connectivity index (χ2v) is 12.4. The Kier molecular flexibility index (Phi) is 7.05. The number of nitrogens with one attached hydrogen (secondary N) is 2. The van der Waals surface area contributed by atoms with Gasteiger partial charge in [0.15, 0.2) is 0 Å². The molecule has 0 fully saturated rings. The van der Waals surface area contributed by atoms with E-state index in [-0.39, 0.29) is 16.9 Å². The molecule has 44 heavy (non-hydrogen) atoms. The molecule has 0 unspecified atom stereocenters. The van der Waals surface area contributed by atoms with Crippen molar-refractivity contribution in [1.29, 1.82) is 0 Å². The zero-order valence-electron chi connectivity index (χ0n) is 24.4. The number of carbonyl (C=O) groups excluding carboxylic acids is 1. The standard InChI is InChI=1S/C33H29FN4O5S/c1-36-33(39)31-24-15-21(19-10-13-29(42-3)23(14-19)27-16-22-25(35)6-5-7-26(22)37-27)28(38(2)44(4,40)41)17-30(24)43-32(31)18-8-11-20(34)12-9-18/h5-17,37H,35H2,1-4H3,(H,36,39). The van der Waals surface area contributed by atoms with Gasteiger partial charge in [-0.2, -0.15) is 0 Å². The summed E-state index contributed by atoms with van der Waals surface area (Å²) < 4.78 is 52.4. The summed E-state index contributed by atoms with van der Waals surface area (Å²) in [5.74, 6) is -0.0236. The molecule has 0 aliphatic heterocycles. The quantitative estimate of drug-likeness (QED) is 0.179. The van der Waals surface area contributed by atoms with E-state index >= 15 is 0 Å². The third kappa shape index (κ3) is 4.90. The molecule has 0 bridgehead atoms. The van der Waals surface area contributed by atoms with Crippen LogP contribution in [0.5, 0.6) is 5.75 Å². The van der Waals surface area contributed by atoms with Crippen molar-refractivity contribution in [3.05, 3.63) is 90.2 Å². The lowest BCUT2D eigenvalue weighted by molar-refractivity contribution is 0.0964. The van der Waals surface area contributed by atoms with E-state index in [1.54, 1.807) is 25.3 Å². The maximum absolute atomic E-state index is 13.7. The summed E-state index contributed by atoms with van der Waals surface area (Å²) in [4.78, 5) is 16.6. The maximum Gasteiger partial charge on any atom is 0.255 e. The van der Waals surface area contributed by atoms with Crippen LogP contribution in [-0.4, -0.2) is 46.8 Å². The van der Waals surface area contributed by atoms with E-state index in [4.69, 9.17) is 14.9 Å². The minimum absolute atomic E-state index is 0.232. The first-order chi connectivity index (χ1) is 21.0. The van der Waals surface area contributed by atoms with Gasteiger partial charge >= 0.3 is 0 Å². The average Bonchev–Trinajstić information content (AvgIpc) is 3.62. The number of carbonyl (C=O) groups is 1. The molecule has 4 N–H and O–H groups in total. The Balaban J connectivity index is 1.64. The number of H-pyrrole nitrogens is 1. The van der Waals surface area contributed by atoms with Gasteiger partial charge in [-0.25, -0.2) is 12.8 Å². The highest BCUT2D eigenvalue weighted by molar-refractivity contribution is 7.92. The summed E-state index contributed by atoms with van der Waals surface area (Å²) >= 11 is 0. The smallest absolute Gasteiger partial charge is 0.255 e. The normalized spacial score (nSPS) is 11.7. The molecule has 2 aromatic heterocycles. The summed E-state index contributed by atoms with van der Waals surface area (Å²) in [6, 6.07) is 22.0. The molecule has 1 amide bonds. The van der Waals surface area contributed by atoms with Crippen LogP contribution in [0.1, 0.15) is 10.4 Å². The fraction of sp³-hybridized carbons (Fsp3) is 0.121. The van der Waals surface area contributed by atoms with Crippen LogP contribution in [-0.2, 0) is 10.0 Å². The maximum atomic E-state index is 13.7. The molecule has 0 radical (unpaired) electrons. The molecule has 6 rings (SSSR count). The first kappa shape index (κ1) is 28.8. The van der Waals surface area contributed by atoms with Gasteiger partial charge in [-0.3, -0.25) is 9.10 Å². The van der Waals surface area contributed by atoms with E-state index in [9.17, 15) is 17.6 Å². The summed E-state index contributed by atoms with van der Waals surface area (Å²) in [5, 5.41) is 3.97. The Morgan fingerprint density at radius 3 is 2.36 bits per heavy atom. The van der Waals surface area contributed by atoms with E-state index in [1.807, 2.05) is 36.4 Å². The number of hydrogen-bond donors (Lipinski definition) is 3. The number of aromatic nitrogens is 1. The number of furan rings is 1. The first-order valence-corrected chi connectivity index (χ1v) is 15.4. The van der Waals surface area contributed by atoms with Gasteiger partial charge in [0.05, 0.1) is 30.3 Å². The molecule has 4 aromatic carbocycles. The summed E-state index contributed by atoms with van der Waals surface area (Å²) in [7, 11) is 0.822. The highest BCUT2D eigenvalue weighted by atomic mass is 32.2. The molecular formula is C33H29FN4O5S. The number of ether oxygens (including phenoxy) is 1. The largest absolute Gasteiger partial charge is 0.496 e. The minimum Gasteiger partial charge on any atom is -0.496 e. The summed E-state index contributed by atoms with van der Waals surface area (Å²) in [6.45, 7) is 0. The highest BCUT2D eigenvalue weighted by Gasteiger charge is 2.26.